The van der Waals surface area contributed by atoms with Gasteiger partial charge in [0.2, 0.25) is 0 Å². The molecule has 14 heavy (non-hydrogen) atoms. The van der Waals surface area contributed by atoms with Gasteiger partial charge in [-0.1, -0.05) is 12.1 Å². The van der Waals surface area contributed by atoms with Crippen LogP contribution in [-0.4, -0.2) is 6.61 Å². The van der Waals surface area contributed by atoms with Gasteiger partial charge in [0.05, 0.1) is 6.61 Å². The lowest BCUT2D eigenvalue weighted by Gasteiger charge is -2.24. The summed E-state index contributed by atoms with van der Waals surface area (Å²) in [6.45, 7) is 0.809. The van der Waals surface area contributed by atoms with Crippen LogP contribution in [0.5, 0.6) is 5.75 Å². The molecule has 1 aliphatic heterocycles. The molecule has 0 N–H and O–H groups in total. The van der Waals surface area contributed by atoms with Crippen molar-refractivity contribution >= 4 is 0 Å². The van der Waals surface area contributed by atoms with E-state index in [1.54, 1.807) is 0 Å². The van der Waals surface area contributed by atoms with Gasteiger partial charge >= 0.3 is 0 Å². The first-order valence-electron chi connectivity index (χ1n) is 5.46. The highest BCUT2D eigenvalue weighted by atomic mass is 16.5. The molecule has 3 rings (SSSR count). The first-order chi connectivity index (χ1) is 6.95. The molecule has 2 aliphatic rings. The van der Waals surface area contributed by atoms with Crippen molar-refractivity contribution in [1.82, 2.24) is 0 Å². The summed E-state index contributed by atoms with van der Waals surface area (Å²) in [5.41, 5.74) is 4.15. The van der Waals surface area contributed by atoms with Crippen LogP contribution in [0.1, 0.15) is 36.0 Å². The number of rotatable bonds is 0. The predicted molar refractivity (Wildman–Crippen MR) is 55.5 cm³/mol. The fourth-order valence-corrected chi connectivity index (χ4v) is 2.44. The SMILES string of the molecule is [C]1CCOc2c1ccc1c2CCCC1. The van der Waals surface area contributed by atoms with Crippen LogP contribution in [0.4, 0.5) is 0 Å². The molecule has 1 aromatic rings. The van der Waals surface area contributed by atoms with Gasteiger partial charge in [0, 0.05) is 12.0 Å². The van der Waals surface area contributed by atoms with E-state index in [-0.39, 0.29) is 0 Å². The largest absolute Gasteiger partial charge is 0.493 e. The first kappa shape index (κ1) is 8.34. The van der Waals surface area contributed by atoms with Gasteiger partial charge in [-0.3, -0.25) is 0 Å². The number of aryl methyl sites for hydroxylation is 1. The van der Waals surface area contributed by atoms with E-state index in [1.165, 1.54) is 42.4 Å². The number of benzene rings is 1. The van der Waals surface area contributed by atoms with Crippen LogP contribution in [-0.2, 0) is 12.8 Å². The quantitative estimate of drug-likeness (QED) is 0.605. The van der Waals surface area contributed by atoms with Gasteiger partial charge in [0.1, 0.15) is 5.75 Å². The van der Waals surface area contributed by atoms with Crippen LogP contribution < -0.4 is 4.74 Å². The highest BCUT2D eigenvalue weighted by Crippen LogP contribution is 2.36. The standard InChI is InChI=1S/C13H14O/c1-2-6-12-10(4-1)7-8-11-5-3-9-14-13(11)12/h7-8H,1-4,6,9H2. The maximum absolute atomic E-state index is 5.76. The molecule has 0 saturated carbocycles. The molecule has 0 aromatic heterocycles. The summed E-state index contributed by atoms with van der Waals surface area (Å²) < 4.78 is 5.76. The van der Waals surface area contributed by atoms with Crippen LogP contribution in [0.2, 0.25) is 0 Å². The van der Waals surface area contributed by atoms with Crippen molar-refractivity contribution in [3.05, 3.63) is 35.2 Å². The zero-order valence-corrected chi connectivity index (χ0v) is 8.31. The lowest BCUT2D eigenvalue weighted by atomic mass is 9.88. The zero-order valence-electron chi connectivity index (χ0n) is 8.31. The molecule has 1 aliphatic carbocycles. The number of fused-ring (bicyclic) bond motifs is 3. The second-order valence-electron chi connectivity index (χ2n) is 4.06. The smallest absolute Gasteiger partial charge is 0.126 e. The molecule has 0 fully saturated rings. The van der Waals surface area contributed by atoms with Gasteiger partial charge in [-0.15, -0.1) is 0 Å². The molecular weight excluding hydrogens is 172 g/mol. The summed E-state index contributed by atoms with van der Waals surface area (Å²) in [6.07, 6.45) is 9.39. The van der Waals surface area contributed by atoms with E-state index >= 15 is 0 Å². The van der Waals surface area contributed by atoms with Gasteiger partial charge in [-0.05, 0) is 43.2 Å². The van der Waals surface area contributed by atoms with E-state index in [1.807, 2.05) is 0 Å². The highest BCUT2D eigenvalue weighted by molar-refractivity contribution is 5.51. The summed E-state index contributed by atoms with van der Waals surface area (Å²) in [6, 6.07) is 4.42. The topological polar surface area (TPSA) is 9.23 Å². The van der Waals surface area contributed by atoms with E-state index in [0.717, 1.165) is 18.8 Å². The lowest BCUT2D eigenvalue weighted by Crippen LogP contribution is -2.13. The maximum atomic E-state index is 5.76. The molecule has 1 aromatic carbocycles. The number of hydrogen-bond donors (Lipinski definition) is 0. The van der Waals surface area contributed by atoms with Crippen molar-refractivity contribution in [1.29, 1.82) is 0 Å². The van der Waals surface area contributed by atoms with Crippen molar-refractivity contribution in [3.8, 4) is 5.75 Å². The minimum Gasteiger partial charge on any atom is -0.493 e. The van der Waals surface area contributed by atoms with E-state index in [9.17, 15) is 0 Å². The molecule has 0 amide bonds. The molecule has 0 spiro atoms. The molecule has 2 radical (unpaired) electrons. The normalized spacial score (nSPS) is 19.4. The zero-order chi connectivity index (χ0) is 9.38. The first-order valence-corrected chi connectivity index (χ1v) is 5.46. The second kappa shape index (κ2) is 3.30. The molecule has 1 heterocycles. The molecule has 0 unspecified atom stereocenters. The highest BCUT2D eigenvalue weighted by Gasteiger charge is 2.19. The van der Waals surface area contributed by atoms with Crippen LogP contribution in [0.25, 0.3) is 0 Å². The Morgan fingerprint density at radius 3 is 3.07 bits per heavy atom. The Morgan fingerprint density at radius 1 is 1.14 bits per heavy atom. The van der Waals surface area contributed by atoms with Gasteiger partial charge < -0.3 is 4.74 Å². The fourth-order valence-electron chi connectivity index (χ4n) is 2.44. The Hall–Kier alpha value is -0.980. The minimum atomic E-state index is 0.809. The lowest BCUT2D eigenvalue weighted by molar-refractivity contribution is 0.301. The molecule has 0 saturated heterocycles. The van der Waals surface area contributed by atoms with E-state index < -0.39 is 0 Å². The summed E-state index contributed by atoms with van der Waals surface area (Å²) in [5.74, 6) is 1.13. The van der Waals surface area contributed by atoms with Crippen LogP contribution >= 0.6 is 0 Å². The van der Waals surface area contributed by atoms with Crippen molar-refractivity contribution in [3.63, 3.8) is 0 Å². The fraction of sp³-hybridized carbons (Fsp3) is 0.462. The maximum Gasteiger partial charge on any atom is 0.126 e. The van der Waals surface area contributed by atoms with E-state index in [2.05, 4.69) is 18.6 Å². The Kier molecular flexibility index (Phi) is 1.97. The average molecular weight is 186 g/mol. The Morgan fingerprint density at radius 2 is 2.07 bits per heavy atom. The molecule has 1 heteroatoms. The van der Waals surface area contributed by atoms with Crippen molar-refractivity contribution in [2.75, 3.05) is 6.61 Å². The third-order valence-electron chi connectivity index (χ3n) is 3.14. The third kappa shape index (κ3) is 1.23. The Bertz CT molecular complexity index is 319. The Balaban J connectivity index is 2.12. The van der Waals surface area contributed by atoms with Crippen molar-refractivity contribution in [2.45, 2.75) is 32.1 Å². The van der Waals surface area contributed by atoms with Crippen molar-refractivity contribution in [2.24, 2.45) is 0 Å². The van der Waals surface area contributed by atoms with Gasteiger partial charge in [0.15, 0.2) is 0 Å². The molecule has 0 bridgehead atoms. The molecule has 0 atom stereocenters. The average Bonchev–Trinajstić information content (AvgIpc) is 2.29. The van der Waals surface area contributed by atoms with Crippen LogP contribution in [0.3, 0.4) is 0 Å². The molecule has 1 nitrogen and oxygen atoms in total. The number of hydrogen-bond acceptors (Lipinski definition) is 1. The van der Waals surface area contributed by atoms with Crippen molar-refractivity contribution < 1.29 is 4.74 Å². The summed E-state index contributed by atoms with van der Waals surface area (Å²) in [5, 5.41) is 0. The minimum absolute atomic E-state index is 0.809. The monoisotopic (exact) mass is 186 g/mol. The summed E-state index contributed by atoms with van der Waals surface area (Å²) in [7, 11) is 0. The second-order valence-corrected chi connectivity index (χ2v) is 4.06. The van der Waals surface area contributed by atoms with Crippen LogP contribution in [0, 0.1) is 6.42 Å². The predicted octanol–water partition coefficient (Wildman–Crippen LogP) is 2.78. The molecular formula is C13H14O. The summed E-state index contributed by atoms with van der Waals surface area (Å²) in [4.78, 5) is 0. The number of ether oxygens (including phenoxy) is 1. The van der Waals surface area contributed by atoms with E-state index in [4.69, 9.17) is 4.74 Å². The molecule has 72 valence electrons. The van der Waals surface area contributed by atoms with E-state index in [0.29, 0.717) is 0 Å². The Labute approximate surface area is 85.1 Å². The van der Waals surface area contributed by atoms with Gasteiger partial charge in [0.25, 0.3) is 0 Å². The van der Waals surface area contributed by atoms with Gasteiger partial charge in [-0.25, -0.2) is 0 Å². The van der Waals surface area contributed by atoms with Gasteiger partial charge in [-0.2, -0.15) is 0 Å². The van der Waals surface area contributed by atoms with Crippen LogP contribution in [0.15, 0.2) is 12.1 Å². The third-order valence-corrected chi connectivity index (χ3v) is 3.14. The summed E-state index contributed by atoms with van der Waals surface area (Å²) >= 11 is 0.